The predicted octanol–water partition coefficient (Wildman–Crippen LogP) is 4.41. The molecule has 1 heterocycles. The Bertz CT molecular complexity index is 653. The summed E-state index contributed by atoms with van der Waals surface area (Å²) in [4.78, 5) is 15.7. The summed E-state index contributed by atoms with van der Waals surface area (Å²) < 4.78 is 5.95. The van der Waals surface area contributed by atoms with Crippen LogP contribution in [-0.4, -0.2) is 36.6 Å². The molecule has 2 aromatic carbocycles. The monoisotopic (exact) mass is 351 g/mol. The number of nitrogens with zero attached hydrogens (tertiary/aromatic N) is 1. The van der Waals surface area contributed by atoms with Gasteiger partial charge in [0.05, 0.1) is 0 Å². The summed E-state index contributed by atoms with van der Waals surface area (Å²) in [6.07, 6.45) is 3.68. The molecular weight excluding hydrogens is 322 g/mol. The van der Waals surface area contributed by atoms with Crippen molar-refractivity contribution in [2.45, 2.75) is 44.6 Å². The standard InChI is InChI=1S/C23H29NO2/c1-19(18-24-16-10-5-11-17-24)26-22(25)23(2,20-12-6-3-7-13-20)21-14-8-4-9-15-21/h3-4,6-9,12-15,19H,5,10-11,16-18H2,1-2H3/t19-/m0/s1. The van der Waals surface area contributed by atoms with Gasteiger partial charge in [0.15, 0.2) is 0 Å². The van der Waals surface area contributed by atoms with Crippen molar-refractivity contribution in [3.63, 3.8) is 0 Å². The van der Waals surface area contributed by atoms with Crippen LogP contribution in [0.15, 0.2) is 60.7 Å². The number of likely N-dealkylation sites (tertiary alicyclic amines) is 1. The molecule has 138 valence electrons. The van der Waals surface area contributed by atoms with E-state index in [-0.39, 0.29) is 12.1 Å². The lowest BCUT2D eigenvalue weighted by atomic mass is 9.76. The van der Waals surface area contributed by atoms with Crippen LogP contribution >= 0.6 is 0 Å². The van der Waals surface area contributed by atoms with Crippen LogP contribution in [0.5, 0.6) is 0 Å². The number of hydrogen-bond acceptors (Lipinski definition) is 3. The maximum atomic E-state index is 13.3. The first-order chi connectivity index (χ1) is 12.6. The Hall–Kier alpha value is -2.13. The van der Waals surface area contributed by atoms with Gasteiger partial charge in [-0.2, -0.15) is 0 Å². The second kappa shape index (κ2) is 8.50. The second-order valence-electron chi connectivity index (χ2n) is 7.43. The van der Waals surface area contributed by atoms with Crippen molar-refractivity contribution in [2.24, 2.45) is 0 Å². The largest absolute Gasteiger partial charge is 0.460 e. The molecule has 3 nitrogen and oxygen atoms in total. The molecule has 1 fully saturated rings. The number of carbonyl (C=O) groups is 1. The van der Waals surface area contributed by atoms with E-state index in [1.165, 1.54) is 19.3 Å². The van der Waals surface area contributed by atoms with Crippen LogP contribution in [0.1, 0.15) is 44.2 Å². The number of ether oxygens (including phenoxy) is 1. The van der Waals surface area contributed by atoms with E-state index in [1.807, 2.05) is 74.5 Å². The molecule has 2 aromatic rings. The third kappa shape index (κ3) is 4.16. The van der Waals surface area contributed by atoms with E-state index in [0.29, 0.717) is 0 Å². The van der Waals surface area contributed by atoms with Crippen LogP contribution in [0.3, 0.4) is 0 Å². The molecule has 1 saturated heterocycles. The molecule has 0 radical (unpaired) electrons. The van der Waals surface area contributed by atoms with E-state index in [9.17, 15) is 4.79 Å². The zero-order valence-electron chi connectivity index (χ0n) is 15.9. The van der Waals surface area contributed by atoms with Crippen molar-refractivity contribution in [3.8, 4) is 0 Å². The van der Waals surface area contributed by atoms with Gasteiger partial charge in [0.25, 0.3) is 0 Å². The summed E-state index contributed by atoms with van der Waals surface area (Å²) in [5, 5.41) is 0. The molecule has 0 bridgehead atoms. The highest BCUT2D eigenvalue weighted by Gasteiger charge is 2.39. The number of benzene rings is 2. The Morgan fingerprint density at radius 2 is 1.46 bits per heavy atom. The first kappa shape index (κ1) is 18.7. The molecular formula is C23H29NO2. The maximum absolute atomic E-state index is 13.3. The lowest BCUT2D eigenvalue weighted by molar-refractivity contribution is -0.154. The van der Waals surface area contributed by atoms with E-state index < -0.39 is 5.41 Å². The fourth-order valence-electron chi connectivity index (χ4n) is 3.79. The molecule has 0 N–H and O–H groups in total. The van der Waals surface area contributed by atoms with Crippen LogP contribution < -0.4 is 0 Å². The van der Waals surface area contributed by atoms with E-state index >= 15 is 0 Å². The first-order valence-corrected chi connectivity index (χ1v) is 9.65. The predicted molar refractivity (Wildman–Crippen MR) is 105 cm³/mol. The summed E-state index contributed by atoms with van der Waals surface area (Å²) in [7, 11) is 0. The highest BCUT2D eigenvalue weighted by atomic mass is 16.5. The van der Waals surface area contributed by atoms with Gasteiger partial charge in [-0.25, -0.2) is 0 Å². The summed E-state index contributed by atoms with van der Waals surface area (Å²) >= 11 is 0. The van der Waals surface area contributed by atoms with Gasteiger partial charge >= 0.3 is 5.97 Å². The molecule has 0 saturated carbocycles. The third-order valence-corrected chi connectivity index (χ3v) is 5.38. The lowest BCUT2D eigenvalue weighted by Crippen LogP contribution is -2.41. The van der Waals surface area contributed by atoms with Gasteiger partial charge < -0.3 is 4.74 Å². The van der Waals surface area contributed by atoms with Crippen LogP contribution in [0.2, 0.25) is 0 Å². The molecule has 0 amide bonds. The maximum Gasteiger partial charge on any atom is 0.321 e. The van der Waals surface area contributed by atoms with Gasteiger partial charge in [0.2, 0.25) is 0 Å². The summed E-state index contributed by atoms with van der Waals surface area (Å²) in [5.41, 5.74) is 1.11. The topological polar surface area (TPSA) is 29.5 Å². The molecule has 3 rings (SSSR count). The van der Waals surface area contributed by atoms with Gasteiger partial charge in [-0.1, -0.05) is 67.1 Å². The Morgan fingerprint density at radius 3 is 1.96 bits per heavy atom. The molecule has 1 atom stereocenters. The van der Waals surface area contributed by atoms with E-state index in [4.69, 9.17) is 4.74 Å². The van der Waals surface area contributed by atoms with E-state index in [0.717, 1.165) is 30.8 Å². The number of carbonyl (C=O) groups excluding carboxylic acids is 1. The van der Waals surface area contributed by atoms with Gasteiger partial charge in [-0.05, 0) is 50.9 Å². The fraction of sp³-hybridized carbons (Fsp3) is 0.435. The number of rotatable bonds is 6. The average Bonchev–Trinajstić information content (AvgIpc) is 2.69. The van der Waals surface area contributed by atoms with Crippen molar-refractivity contribution in [1.29, 1.82) is 0 Å². The molecule has 0 aromatic heterocycles. The molecule has 0 aliphatic carbocycles. The van der Waals surface area contributed by atoms with Gasteiger partial charge in [0, 0.05) is 6.54 Å². The second-order valence-corrected chi connectivity index (χ2v) is 7.43. The Balaban J connectivity index is 1.79. The Morgan fingerprint density at radius 1 is 0.962 bits per heavy atom. The molecule has 0 spiro atoms. The van der Waals surface area contributed by atoms with Crippen molar-refractivity contribution in [3.05, 3.63) is 71.8 Å². The fourth-order valence-corrected chi connectivity index (χ4v) is 3.79. The quantitative estimate of drug-likeness (QED) is 0.722. The number of hydrogen-bond donors (Lipinski definition) is 0. The van der Waals surface area contributed by atoms with Crippen molar-refractivity contribution in [1.82, 2.24) is 4.90 Å². The smallest absolute Gasteiger partial charge is 0.321 e. The summed E-state index contributed by atoms with van der Waals surface area (Å²) in [5.74, 6) is -0.181. The zero-order chi connectivity index (χ0) is 18.4. The van der Waals surface area contributed by atoms with Gasteiger partial charge in [-0.3, -0.25) is 9.69 Å². The minimum absolute atomic E-state index is 0.118. The average molecular weight is 351 g/mol. The van der Waals surface area contributed by atoms with Crippen LogP contribution in [0.25, 0.3) is 0 Å². The van der Waals surface area contributed by atoms with E-state index in [2.05, 4.69) is 4.90 Å². The first-order valence-electron chi connectivity index (χ1n) is 9.65. The highest BCUT2D eigenvalue weighted by Crippen LogP contribution is 2.33. The molecule has 3 heteroatoms. The lowest BCUT2D eigenvalue weighted by Gasteiger charge is -2.32. The molecule has 0 unspecified atom stereocenters. The normalized spacial score (nSPS) is 16.8. The summed E-state index contributed by atoms with van der Waals surface area (Å²) in [6, 6.07) is 19.8. The van der Waals surface area contributed by atoms with E-state index in [1.54, 1.807) is 0 Å². The third-order valence-electron chi connectivity index (χ3n) is 5.38. The zero-order valence-corrected chi connectivity index (χ0v) is 15.9. The SMILES string of the molecule is C[C@@H](CN1CCCCC1)OC(=O)C(C)(c1ccccc1)c1ccccc1. The van der Waals surface area contributed by atoms with Crippen LogP contribution in [0.4, 0.5) is 0 Å². The van der Waals surface area contributed by atoms with Gasteiger partial charge in [-0.15, -0.1) is 0 Å². The van der Waals surface area contributed by atoms with Crippen molar-refractivity contribution < 1.29 is 9.53 Å². The summed E-state index contributed by atoms with van der Waals surface area (Å²) in [6.45, 7) is 7.00. The minimum Gasteiger partial charge on any atom is -0.460 e. The molecule has 1 aliphatic rings. The Kier molecular flexibility index (Phi) is 6.10. The number of esters is 1. The van der Waals surface area contributed by atoms with Crippen molar-refractivity contribution in [2.75, 3.05) is 19.6 Å². The number of piperidine rings is 1. The molecule has 1 aliphatic heterocycles. The Labute approximate surface area is 157 Å². The highest BCUT2D eigenvalue weighted by molar-refractivity contribution is 5.87. The van der Waals surface area contributed by atoms with Crippen LogP contribution in [0, 0.1) is 0 Å². The molecule has 26 heavy (non-hydrogen) atoms. The van der Waals surface area contributed by atoms with Crippen molar-refractivity contribution >= 4 is 5.97 Å². The minimum atomic E-state index is -0.807. The van der Waals surface area contributed by atoms with Gasteiger partial charge in [0.1, 0.15) is 11.5 Å². The van der Waals surface area contributed by atoms with Crippen LogP contribution in [-0.2, 0) is 14.9 Å².